The van der Waals surface area contributed by atoms with Crippen LogP contribution in [0.3, 0.4) is 0 Å². The van der Waals surface area contributed by atoms with Gasteiger partial charge in [0.1, 0.15) is 11.5 Å². The highest BCUT2D eigenvalue weighted by molar-refractivity contribution is 5.94. The van der Waals surface area contributed by atoms with Gasteiger partial charge < -0.3 is 15.0 Å². The molecule has 5 heterocycles. The molecule has 3 aromatic heterocycles. The van der Waals surface area contributed by atoms with Crippen molar-refractivity contribution in [2.75, 3.05) is 24.5 Å². The second-order valence-electron chi connectivity index (χ2n) is 11.6. The quantitative estimate of drug-likeness (QED) is 0.191. The molecule has 0 bridgehead atoms. The molecule has 1 saturated heterocycles. The van der Waals surface area contributed by atoms with E-state index in [2.05, 4.69) is 37.1 Å². The molecule has 12 heteroatoms. The van der Waals surface area contributed by atoms with Gasteiger partial charge in [0.25, 0.3) is 0 Å². The molecule has 0 radical (unpaired) electrons. The summed E-state index contributed by atoms with van der Waals surface area (Å²) in [5.74, 6) is -0.156. The Morgan fingerprint density at radius 2 is 1.82 bits per heavy atom. The maximum atomic E-state index is 14.2. The number of hydrogen-bond donors (Lipinski definition) is 3. The number of alkyl halides is 3. The second-order valence-corrected chi connectivity index (χ2v) is 11.6. The zero-order valence-electron chi connectivity index (χ0n) is 23.9. The van der Waals surface area contributed by atoms with Crippen molar-refractivity contribution in [3.63, 3.8) is 0 Å². The van der Waals surface area contributed by atoms with Gasteiger partial charge in [0.15, 0.2) is 17.4 Å². The summed E-state index contributed by atoms with van der Waals surface area (Å²) < 4.78 is 53.8. The standard InChI is InChI=1S/C32H31F4N7O/c33-24-14-23(21(13-28(24)44)15-32(34,35)36)20-5-6-22-26(12-20)40-41-30(22)31-38-25-8-11-42(18-27(25)39-31)17-19-4-7-29(37-16-19)43-9-2-1-3-10-43/h4-7,12-14,16,44H,1-3,8-11,15,17-18H2,(H,38,39)(H,40,41). The van der Waals surface area contributed by atoms with Crippen LogP contribution in [0.15, 0.2) is 48.7 Å². The number of fused-ring (bicyclic) bond motifs is 2. The van der Waals surface area contributed by atoms with Crippen LogP contribution in [-0.4, -0.2) is 61.0 Å². The molecule has 1 fully saturated rings. The number of pyridine rings is 1. The van der Waals surface area contributed by atoms with Gasteiger partial charge in [-0.2, -0.15) is 18.3 Å². The molecule has 228 valence electrons. The van der Waals surface area contributed by atoms with E-state index in [9.17, 15) is 22.7 Å². The zero-order valence-corrected chi connectivity index (χ0v) is 23.9. The molecular formula is C32H31F4N7O. The molecule has 2 aliphatic rings. The molecule has 0 atom stereocenters. The Morgan fingerprint density at radius 3 is 2.59 bits per heavy atom. The first-order valence-corrected chi connectivity index (χ1v) is 14.8. The first kappa shape index (κ1) is 28.3. The number of nitrogens with one attached hydrogen (secondary N) is 2. The van der Waals surface area contributed by atoms with E-state index in [-0.39, 0.29) is 11.1 Å². The van der Waals surface area contributed by atoms with E-state index in [1.807, 2.05) is 6.20 Å². The van der Waals surface area contributed by atoms with Crippen LogP contribution < -0.4 is 4.90 Å². The van der Waals surface area contributed by atoms with E-state index in [4.69, 9.17) is 9.97 Å². The van der Waals surface area contributed by atoms with E-state index in [1.165, 1.54) is 19.3 Å². The minimum atomic E-state index is -4.52. The zero-order chi connectivity index (χ0) is 30.4. The largest absolute Gasteiger partial charge is 0.505 e. The molecule has 0 unspecified atom stereocenters. The predicted molar refractivity (Wildman–Crippen MR) is 159 cm³/mol. The monoisotopic (exact) mass is 605 g/mol. The molecule has 3 N–H and O–H groups in total. The lowest BCUT2D eigenvalue weighted by atomic mass is 9.96. The summed E-state index contributed by atoms with van der Waals surface area (Å²) in [6, 6.07) is 11.0. The minimum absolute atomic E-state index is 0.0561. The number of piperidine rings is 1. The van der Waals surface area contributed by atoms with E-state index >= 15 is 0 Å². The van der Waals surface area contributed by atoms with Crippen molar-refractivity contribution in [1.82, 2.24) is 30.0 Å². The average molecular weight is 606 g/mol. The van der Waals surface area contributed by atoms with Gasteiger partial charge >= 0.3 is 6.18 Å². The van der Waals surface area contributed by atoms with Gasteiger partial charge in [-0.05, 0) is 71.8 Å². The van der Waals surface area contributed by atoms with Crippen LogP contribution >= 0.6 is 0 Å². The Hall–Kier alpha value is -4.45. The Kier molecular flexibility index (Phi) is 7.23. The molecule has 2 aliphatic heterocycles. The number of phenolic OH excluding ortho intramolecular Hbond substituents is 1. The van der Waals surface area contributed by atoms with Crippen LogP contribution in [0.5, 0.6) is 5.75 Å². The smallest absolute Gasteiger partial charge is 0.393 e. The maximum Gasteiger partial charge on any atom is 0.393 e. The van der Waals surface area contributed by atoms with Crippen molar-refractivity contribution in [2.45, 2.75) is 51.4 Å². The number of halogens is 4. The lowest BCUT2D eigenvalue weighted by Gasteiger charge is -2.28. The van der Waals surface area contributed by atoms with Crippen molar-refractivity contribution in [3.8, 4) is 28.4 Å². The number of aromatic nitrogens is 5. The number of H-pyrrole nitrogens is 2. The summed E-state index contributed by atoms with van der Waals surface area (Å²) in [5.41, 5.74) is 4.54. The Labute approximate surface area is 250 Å². The molecule has 44 heavy (non-hydrogen) atoms. The number of aromatic amines is 2. The summed E-state index contributed by atoms with van der Waals surface area (Å²) in [4.78, 5) is 17.7. The van der Waals surface area contributed by atoms with Gasteiger partial charge in [-0.25, -0.2) is 14.4 Å². The first-order chi connectivity index (χ1) is 21.2. The minimum Gasteiger partial charge on any atom is -0.505 e. The molecule has 0 spiro atoms. The summed E-state index contributed by atoms with van der Waals surface area (Å²) in [6.07, 6.45) is 0.683. The van der Waals surface area contributed by atoms with Crippen molar-refractivity contribution in [3.05, 3.63) is 77.0 Å². The number of benzene rings is 2. The number of imidazole rings is 1. The fraction of sp³-hybridized carbons (Fsp3) is 0.344. The molecule has 0 saturated carbocycles. The third-order valence-electron chi connectivity index (χ3n) is 8.47. The molecule has 2 aromatic carbocycles. The molecule has 8 nitrogen and oxygen atoms in total. The number of anilines is 1. The van der Waals surface area contributed by atoms with Crippen molar-refractivity contribution in [2.24, 2.45) is 0 Å². The van der Waals surface area contributed by atoms with Gasteiger partial charge in [-0.15, -0.1) is 0 Å². The lowest BCUT2D eigenvalue weighted by Crippen LogP contribution is -2.31. The van der Waals surface area contributed by atoms with Gasteiger partial charge in [-0.3, -0.25) is 10.00 Å². The molecule has 0 amide bonds. The molecular weight excluding hydrogens is 574 g/mol. The van der Waals surface area contributed by atoms with E-state index < -0.39 is 24.2 Å². The first-order valence-electron chi connectivity index (χ1n) is 14.8. The van der Waals surface area contributed by atoms with Gasteiger partial charge in [0, 0.05) is 56.4 Å². The Bertz CT molecular complexity index is 1810. The highest BCUT2D eigenvalue weighted by atomic mass is 19.4. The fourth-order valence-electron chi connectivity index (χ4n) is 6.27. The van der Waals surface area contributed by atoms with Crippen molar-refractivity contribution >= 4 is 16.7 Å². The average Bonchev–Trinajstić information content (AvgIpc) is 3.62. The third-order valence-corrected chi connectivity index (χ3v) is 8.47. The maximum absolute atomic E-state index is 14.2. The Morgan fingerprint density at radius 1 is 0.977 bits per heavy atom. The molecule has 0 aliphatic carbocycles. The van der Waals surface area contributed by atoms with Crippen LogP contribution in [0.4, 0.5) is 23.4 Å². The number of aromatic hydroxyl groups is 1. The van der Waals surface area contributed by atoms with Gasteiger partial charge in [0.05, 0.1) is 17.6 Å². The van der Waals surface area contributed by atoms with Crippen molar-refractivity contribution < 1.29 is 22.7 Å². The van der Waals surface area contributed by atoms with Crippen LogP contribution in [0.1, 0.15) is 41.8 Å². The van der Waals surface area contributed by atoms with Crippen LogP contribution in [0, 0.1) is 5.82 Å². The fourth-order valence-corrected chi connectivity index (χ4v) is 6.27. The van der Waals surface area contributed by atoms with Gasteiger partial charge in [-0.1, -0.05) is 12.1 Å². The predicted octanol–water partition coefficient (Wildman–Crippen LogP) is 6.51. The summed E-state index contributed by atoms with van der Waals surface area (Å²) in [6.45, 7) is 4.46. The molecule has 5 aromatic rings. The van der Waals surface area contributed by atoms with Crippen LogP contribution in [0.2, 0.25) is 0 Å². The second kappa shape index (κ2) is 11.2. The number of rotatable bonds is 6. The SMILES string of the molecule is Oc1cc(CC(F)(F)F)c(-c2ccc3c(-c4nc5c([nH]4)CCN(Cc4ccc(N6CCCCC6)nc4)C5)n[nH]c3c2)cc1F. The van der Waals surface area contributed by atoms with Crippen molar-refractivity contribution in [1.29, 1.82) is 0 Å². The summed E-state index contributed by atoms with van der Waals surface area (Å²) in [7, 11) is 0. The lowest BCUT2D eigenvalue weighted by molar-refractivity contribution is -0.127. The molecule has 7 rings (SSSR count). The number of nitrogens with zero attached hydrogens (tertiary/aromatic N) is 5. The van der Waals surface area contributed by atoms with E-state index in [1.54, 1.807) is 18.2 Å². The normalized spacial score (nSPS) is 16.0. The summed E-state index contributed by atoms with van der Waals surface area (Å²) >= 11 is 0. The highest BCUT2D eigenvalue weighted by Gasteiger charge is 2.30. The number of phenols is 1. The van der Waals surface area contributed by atoms with E-state index in [0.717, 1.165) is 72.9 Å². The Balaban J connectivity index is 1.09. The van der Waals surface area contributed by atoms with Gasteiger partial charge in [0.2, 0.25) is 0 Å². The highest BCUT2D eigenvalue weighted by Crippen LogP contribution is 2.36. The topological polar surface area (TPSA) is 97.0 Å². The third kappa shape index (κ3) is 5.73. The summed E-state index contributed by atoms with van der Waals surface area (Å²) in [5, 5.41) is 17.8. The van der Waals surface area contributed by atoms with E-state index in [0.29, 0.717) is 29.1 Å². The number of hydrogen-bond acceptors (Lipinski definition) is 6. The van der Waals surface area contributed by atoms with Crippen LogP contribution in [-0.2, 0) is 25.9 Å². The van der Waals surface area contributed by atoms with Crippen LogP contribution in [0.25, 0.3) is 33.5 Å².